The van der Waals surface area contributed by atoms with Crippen LogP contribution in [0.4, 0.5) is 0 Å². The molecule has 0 bridgehead atoms. The van der Waals surface area contributed by atoms with Crippen LogP contribution >= 0.6 is 0 Å². The van der Waals surface area contributed by atoms with Crippen molar-refractivity contribution in [2.24, 2.45) is 5.92 Å². The maximum absolute atomic E-state index is 12.2. The minimum absolute atomic E-state index is 0. The molecule has 0 aromatic heterocycles. The van der Waals surface area contributed by atoms with Crippen molar-refractivity contribution in [3.05, 3.63) is 24.3 Å². The third-order valence-corrected chi connectivity index (χ3v) is 4.14. The number of ether oxygens (including phenoxy) is 5. The van der Waals surface area contributed by atoms with Gasteiger partial charge in [0.25, 0.3) is 0 Å². The molecule has 8 nitrogen and oxygen atoms in total. The van der Waals surface area contributed by atoms with Gasteiger partial charge in [0.15, 0.2) is 12.2 Å². The van der Waals surface area contributed by atoms with Crippen molar-refractivity contribution in [2.75, 3.05) is 20.3 Å². The fourth-order valence-electron chi connectivity index (χ4n) is 2.51. The lowest BCUT2D eigenvalue weighted by atomic mass is 10.1. The van der Waals surface area contributed by atoms with Gasteiger partial charge in [-0.1, -0.05) is 13.8 Å². The molecule has 4 atom stereocenters. The lowest BCUT2D eigenvalue weighted by molar-refractivity contribution is -0.415. The van der Waals surface area contributed by atoms with Crippen molar-refractivity contribution >= 4 is 11.9 Å². The van der Waals surface area contributed by atoms with Gasteiger partial charge in [0.05, 0.1) is 19.6 Å². The van der Waals surface area contributed by atoms with Gasteiger partial charge in [0.1, 0.15) is 24.2 Å². The van der Waals surface area contributed by atoms with Gasteiger partial charge >= 0.3 is 11.9 Å². The number of carbonyl (C=O) groups is 2. The fourth-order valence-corrected chi connectivity index (χ4v) is 2.51. The molecule has 1 aromatic carbocycles. The van der Waals surface area contributed by atoms with Gasteiger partial charge in [-0.2, -0.15) is 0 Å². The Morgan fingerprint density at radius 1 is 1.18 bits per heavy atom. The lowest BCUT2D eigenvalue weighted by Crippen LogP contribution is -3.00. The minimum Gasteiger partial charge on any atom is -1.00 e. The largest absolute Gasteiger partial charge is 1.00 e. The number of carbonyl (C=O) groups excluding carboxylic acids is 2. The summed E-state index contributed by atoms with van der Waals surface area (Å²) >= 11 is 0. The summed E-state index contributed by atoms with van der Waals surface area (Å²) < 4.78 is 27.8. The summed E-state index contributed by atoms with van der Waals surface area (Å²) in [6.07, 6.45) is -2.19. The molecule has 0 spiro atoms. The number of hydrogen-bond donors (Lipinski definition) is 1. The van der Waals surface area contributed by atoms with E-state index >= 15 is 0 Å². The third-order valence-electron chi connectivity index (χ3n) is 4.14. The smallest absolute Gasteiger partial charge is 0.367 e. The number of esters is 2. The average molecular weight is 418 g/mol. The number of methoxy groups -OCH3 is 1. The topological polar surface area (TPSA) is 108 Å². The molecule has 1 heterocycles. The molecule has 0 unspecified atom stereocenters. The summed E-state index contributed by atoms with van der Waals surface area (Å²) in [6, 6.07) is 6.35. The van der Waals surface area contributed by atoms with E-state index in [0.717, 1.165) is 0 Å². The first-order valence-electron chi connectivity index (χ1n) is 8.94. The lowest BCUT2D eigenvalue weighted by Gasteiger charge is -2.30. The van der Waals surface area contributed by atoms with Crippen LogP contribution in [0.15, 0.2) is 24.3 Å². The number of quaternary nitrogens is 1. The van der Waals surface area contributed by atoms with Gasteiger partial charge < -0.3 is 41.8 Å². The van der Waals surface area contributed by atoms with Crippen LogP contribution in [0, 0.1) is 5.92 Å². The van der Waals surface area contributed by atoms with Crippen LogP contribution in [0.1, 0.15) is 20.8 Å². The quantitative estimate of drug-likeness (QED) is 0.531. The maximum Gasteiger partial charge on any atom is 0.367 e. The molecule has 3 N–H and O–H groups in total. The molecule has 0 aliphatic carbocycles. The molecule has 1 saturated heterocycles. The van der Waals surface area contributed by atoms with Gasteiger partial charge in [-0.15, -0.1) is 0 Å². The highest BCUT2D eigenvalue weighted by atomic mass is 35.5. The Balaban J connectivity index is 0.00000392. The van der Waals surface area contributed by atoms with Crippen molar-refractivity contribution < 1.29 is 51.4 Å². The molecule has 158 valence electrons. The highest BCUT2D eigenvalue weighted by Gasteiger charge is 2.38. The van der Waals surface area contributed by atoms with Crippen molar-refractivity contribution in [3.63, 3.8) is 0 Å². The normalized spacial score (nSPS) is 25.4. The molecule has 1 aliphatic heterocycles. The molecule has 28 heavy (non-hydrogen) atoms. The van der Waals surface area contributed by atoms with E-state index in [2.05, 4.69) is 5.73 Å². The van der Waals surface area contributed by atoms with Crippen LogP contribution in [-0.2, 0) is 23.8 Å². The molecule has 1 aliphatic rings. The predicted octanol–water partition coefficient (Wildman–Crippen LogP) is -2.41. The van der Waals surface area contributed by atoms with Crippen LogP contribution in [0.5, 0.6) is 11.5 Å². The van der Waals surface area contributed by atoms with Crippen LogP contribution in [-0.4, -0.2) is 56.6 Å². The van der Waals surface area contributed by atoms with Crippen LogP contribution in [0.2, 0.25) is 0 Å². The Morgan fingerprint density at radius 2 is 1.79 bits per heavy atom. The summed E-state index contributed by atoms with van der Waals surface area (Å²) in [5.74, 6) is 0.00973. The average Bonchev–Trinajstić information content (AvgIpc) is 2.68. The van der Waals surface area contributed by atoms with E-state index in [0.29, 0.717) is 11.5 Å². The standard InChI is InChI=1S/C19H27NO7.ClH/c1-11(2)18(21)27-17-12(3)25-19(22)15(20)9-24-10-16(17)26-14-7-5-13(23-4)6-8-14;/h5-8,11-12,15-17H,9-10,20H2,1-4H3;1H/t12-,15-,16-,17-;/m0./s1. The number of rotatable bonds is 5. The number of benzene rings is 1. The van der Waals surface area contributed by atoms with Crippen molar-refractivity contribution in [2.45, 2.75) is 45.1 Å². The van der Waals surface area contributed by atoms with Gasteiger partial charge in [-0.25, -0.2) is 4.79 Å². The Bertz CT molecular complexity index is 638. The van der Waals surface area contributed by atoms with E-state index in [1.165, 1.54) is 0 Å². The second kappa shape index (κ2) is 11.1. The molecule has 1 aromatic rings. The Morgan fingerprint density at radius 3 is 2.36 bits per heavy atom. The Labute approximate surface area is 171 Å². The molecule has 9 heteroatoms. The molecular weight excluding hydrogens is 390 g/mol. The molecule has 0 radical (unpaired) electrons. The summed E-state index contributed by atoms with van der Waals surface area (Å²) in [5.41, 5.74) is 3.74. The summed E-state index contributed by atoms with van der Waals surface area (Å²) in [5, 5.41) is 0. The SMILES string of the molecule is COc1ccc(O[C@H]2COC[C@H]([NH3+])C(=O)O[C@@H](C)[C@@H]2OC(=O)C(C)C)cc1.[Cl-]. The van der Waals surface area contributed by atoms with Crippen molar-refractivity contribution in [1.82, 2.24) is 0 Å². The van der Waals surface area contributed by atoms with E-state index in [9.17, 15) is 9.59 Å². The van der Waals surface area contributed by atoms with Gasteiger partial charge in [0, 0.05) is 0 Å². The summed E-state index contributed by atoms with van der Waals surface area (Å²) in [4.78, 5) is 24.3. The fraction of sp³-hybridized carbons (Fsp3) is 0.579. The van der Waals surface area contributed by atoms with E-state index in [1.807, 2.05) is 0 Å². The highest BCUT2D eigenvalue weighted by Crippen LogP contribution is 2.23. The second-order valence-corrected chi connectivity index (χ2v) is 6.76. The molecule has 0 saturated carbocycles. The maximum atomic E-state index is 12.2. The van der Waals surface area contributed by atoms with E-state index < -0.39 is 36.3 Å². The van der Waals surface area contributed by atoms with Crippen LogP contribution < -0.4 is 27.6 Å². The van der Waals surface area contributed by atoms with Gasteiger partial charge in [-0.05, 0) is 31.2 Å². The number of halogens is 1. The monoisotopic (exact) mass is 417 g/mol. The van der Waals surface area contributed by atoms with E-state index in [4.69, 9.17) is 23.7 Å². The first-order valence-corrected chi connectivity index (χ1v) is 8.94. The van der Waals surface area contributed by atoms with E-state index in [1.54, 1.807) is 52.1 Å². The molecule has 1 fully saturated rings. The first kappa shape index (κ1) is 24.0. The zero-order chi connectivity index (χ0) is 20.0. The summed E-state index contributed by atoms with van der Waals surface area (Å²) in [6.45, 7) is 5.35. The molecule has 0 amide bonds. The van der Waals surface area contributed by atoms with Crippen LogP contribution in [0.25, 0.3) is 0 Å². The minimum atomic E-state index is -0.823. The predicted molar refractivity (Wildman–Crippen MR) is 95.2 cm³/mol. The van der Waals surface area contributed by atoms with E-state index in [-0.39, 0.29) is 31.5 Å². The Kier molecular flexibility index (Phi) is 9.51. The number of cyclic esters (lactones) is 1. The zero-order valence-corrected chi connectivity index (χ0v) is 17.3. The first-order chi connectivity index (χ1) is 12.8. The Hall–Kier alpha value is -2.03. The third kappa shape index (κ3) is 6.54. The molecule has 2 rings (SSSR count). The van der Waals surface area contributed by atoms with Crippen molar-refractivity contribution in [1.29, 1.82) is 0 Å². The van der Waals surface area contributed by atoms with Gasteiger partial charge in [0.2, 0.25) is 6.04 Å². The summed E-state index contributed by atoms with van der Waals surface area (Å²) in [7, 11) is 1.58. The highest BCUT2D eigenvalue weighted by molar-refractivity contribution is 5.74. The second-order valence-electron chi connectivity index (χ2n) is 6.76. The molecular formula is C19H28ClNO7. The van der Waals surface area contributed by atoms with Crippen LogP contribution in [0.3, 0.4) is 0 Å². The zero-order valence-electron chi connectivity index (χ0n) is 16.6. The van der Waals surface area contributed by atoms with Gasteiger partial charge in [-0.3, -0.25) is 4.79 Å². The number of hydrogen-bond acceptors (Lipinski definition) is 7. The van der Waals surface area contributed by atoms with Crippen molar-refractivity contribution in [3.8, 4) is 11.5 Å².